The molecule has 1 radical (unpaired) electrons. The molecule has 3 aromatic carbocycles. The largest absolute Gasteiger partial charge is 0.294 e. The fraction of sp³-hybridized carbons (Fsp3) is 0.0690. The van der Waals surface area contributed by atoms with Gasteiger partial charge in [-0.25, -0.2) is 0 Å². The molecule has 30 heavy (non-hydrogen) atoms. The van der Waals surface area contributed by atoms with E-state index >= 15 is 0 Å². The third-order valence-electron chi connectivity index (χ3n) is 6.27. The second-order valence-electron chi connectivity index (χ2n) is 7.98. The molecule has 3 aliphatic carbocycles. The van der Waals surface area contributed by atoms with E-state index in [0.29, 0.717) is 0 Å². The molecular weight excluding hydrogens is 364 g/mol. The van der Waals surface area contributed by atoms with Gasteiger partial charge in [0, 0.05) is 5.92 Å². The lowest BCUT2D eigenvalue weighted by Gasteiger charge is -2.24. The summed E-state index contributed by atoms with van der Waals surface area (Å²) in [4.78, 5) is 13.2. The first-order chi connectivity index (χ1) is 14.8. The smallest absolute Gasteiger partial charge is 0.167 e. The summed E-state index contributed by atoms with van der Waals surface area (Å²) in [5.74, 6) is -0.0714. The van der Waals surface area contributed by atoms with E-state index < -0.39 is 0 Å². The van der Waals surface area contributed by atoms with Crippen molar-refractivity contribution in [2.24, 2.45) is 5.92 Å². The SMILES string of the molecule is O=C1C=Cc2c(ccc3ccccc23)C1C1=CC2C=CC=CC2=c2ccccc2=[C]1. The van der Waals surface area contributed by atoms with Gasteiger partial charge in [0.15, 0.2) is 5.78 Å². The van der Waals surface area contributed by atoms with Crippen molar-refractivity contribution in [1.82, 2.24) is 0 Å². The van der Waals surface area contributed by atoms with Crippen molar-refractivity contribution in [2.45, 2.75) is 5.92 Å². The van der Waals surface area contributed by atoms with Crippen LogP contribution in [0.3, 0.4) is 0 Å². The number of allylic oxidation sites excluding steroid dienone is 7. The van der Waals surface area contributed by atoms with E-state index in [9.17, 15) is 4.79 Å². The van der Waals surface area contributed by atoms with E-state index in [1.54, 1.807) is 6.08 Å². The number of rotatable bonds is 1. The van der Waals surface area contributed by atoms with Gasteiger partial charge in [-0.1, -0.05) is 97.1 Å². The van der Waals surface area contributed by atoms with Crippen LogP contribution in [0.15, 0.2) is 103 Å². The number of carbonyl (C=O) groups is 1. The molecule has 0 saturated heterocycles. The van der Waals surface area contributed by atoms with Crippen LogP contribution in [0.25, 0.3) is 28.5 Å². The normalized spacial score (nSPS) is 21.4. The Kier molecular flexibility index (Phi) is 3.82. The molecule has 2 atom stereocenters. The summed E-state index contributed by atoms with van der Waals surface area (Å²) in [6.07, 6.45) is 18.1. The van der Waals surface area contributed by atoms with Crippen LogP contribution in [-0.2, 0) is 4.79 Å². The Balaban J connectivity index is 1.61. The summed E-state index contributed by atoms with van der Waals surface area (Å²) in [5.41, 5.74) is 4.42. The molecule has 0 amide bonds. The molecule has 141 valence electrons. The first-order valence-corrected chi connectivity index (χ1v) is 10.3. The summed E-state index contributed by atoms with van der Waals surface area (Å²) in [7, 11) is 0. The van der Waals surface area contributed by atoms with E-state index in [4.69, 9.17) is 0 Å². The first-order valence-electron chi connectivity index (χ1n) is 10.3. The Morgan fingerprint density at radius 2 is 1.67 bits per heavy atom. The van der Waals surface area contributed by atoms with Gasteiger partial charge in [0.05, 0.1) is 5.92 Å². The molecular formula is C29H19O. The van der Waals surface area contributed by atoms with Crippen molar-refractivity contribution in [3.63, 3.8) is 0 Å². The standard InChI is InChI=1S/C29H19O/c30-28-16-15-26-23-10-4-1-7-19(23)13-14-27(26)29(28)22-17-20-8-2-5-11-24(20)25-12-6-3-9-21(25)18-22/h1-17,20,29H. The summed E-state index contributed by atoms with van der Waals surface area (Å²) in [6, 6.07) is 20.9. The van der Waals surface area contributed by atoms with Gasteiger partial charge < -0.3 is 0 Å². The second-order valence-corrected chi connectivity index (χ2v) is 7.98. The van der Waals surface area contributed by atoms with Gasteiger partial charge in [0.2, 0.25) is 0 Å². The molecule has 0 aromatic heterocycles. The Morgan fingerprint density at radius 1 is 0.800 bits per heavy atom. The van der Waals surface area contributed by atoms with Crippen molar-refractivity contribution in [2.75, 3.05) is 0 Å². The fourth-order valence-corrected chi connectivity index (χ4v) is 4.86. The molecule has 0 heterocycles. The Morgan fingerprint density at radius 3 is 2.63 bits per heavy atom. The van der Waals surface area contributed by atoms with Gasteiger partial charge in [0.1, 0.15) is 0 Å². The second kappa shape index (κ2) is 6.67. The van der Waals surface area contributed by atoms with Crippen LogP contribution in [0.4, 0.5) is 0 Å². The zero-order chi connectivity index (χ0) is 20.1. The minimum atomic E-state index is -0.332. The lowest BCUT2D eigenvalue weighted by molar-refractivity contribution is -0.115. The third kappa shape index (κ3) is 2.59. The Bertz CT molecular complexity index is 1460. The minimum absolute atomic E-state index is 0.118. The van der Waals surface area contributed by atoms with Crippen LogP contribution in [0.1, 0.15) is 17.0 Å². The molecule has 6 rings (SSSR count). The van der Waals surface area contributed by atoms with Crippen LogP contribution in [0.2, 0.25) is 0 Å². The highest BCUT2D eigenvalue weighted by Gasteiger charge is 2.29. The maximum atomic E-state index is 13.2. The predicted octanol–water partition coefficient (Wildman–Crippen LogP) is 4.71. The van der Waals surface area contributed by atoms with E-state index in [0.717, 1.165) is 21.9 Å². The molecule has 0 N–H and O–H groups in total. The quantitative estimate of drug-likeness (QED) is 0.595. The van der Waals surface area contributed by atoms with Crippen LogP contribution in [0.5, 0.6) is 0 Å². The van der Waals surface area contributed by atoms with Crippen molar-refractivity contribution >= 4 is 34.3 Å². The number of benzene rings is 3. The van der Waals surface area contributed by atoms with Gasteiger partial charge in [0.25, 0.3) is 0 Å². The van der Waals surface area contributed by atoms with E-state index in [-0.39, 0.29) is 17.6 Å². The average Bonchev–Trinajstić information content (AvgIpc) is 2.95. The first kappa shape index (κ1) is 17.2. The van der Waals surface area contributed by atoms with Crippen LogP contribution in [-0.4, -0.2) is 5.78 Å². The fourth-order valence-electron chi connectivity index (χ4n) is 4.86. The Labute approximate surface area is 175 Å². The van der Waals surface area contributed by atoms with Crippen LogP contribution in [0, 0.1) is 5.92 Å². The maximum Gasteiger partial charge on any atom is 0.167 e. The molecule has 0 aliphatic heterocycles. The topological polar surface area (TPSA) is 17.1 Å². The summed E-state index contributed by atoms with van der Waals surface area (Å²) < 4.78 is 0. The van der Waals surface area contributed by atoms with Crippen molar-refractivity contribution in [3.8, 4) is 0 Å². The van der Waals surface area contributed by atoms with Gasteiger partial charge in [-0.15, -0.1) is 0 Å². The van der Waals surface area contributed by atoms with Crippen molar-refractivity contribution in [3.05, 3.63) is 124 Å². The maximum absolute atomic E-state index is 13.2. The molecule has 0 bridgehead atoms. The molecule has 0 spiro atoms. The highest BCUT2D eigenvalue weighted by atomic mass is 16.1. The zero-order valence-corrected chi connectivity index (χ0v) is 16.4. The van der Waals surface area contributed by atoms with Crippen molar-refractivity contribution in [1.29, 1.82) is 0 Å². The summed E-state index contributed by atoms with van der Waals surface area (Å²) in [5, 5.41) is 4.61. The van der Waals surface area contributed by atoms with Crippen LogP contribution >= 0.6 is 0 Å². The molecule has 1 heteroatoms. The number of hydrogen-bond donors (Lipinski definition) is 0. The highest BCUT2D eigenvalue weighted by molar-refractivity contribution is 6.08. The number of fused-ring (bicyclic) bond motifs is 5. The number of hydrogen-bond acceptors (Lipinski definition) is 1. The van der Waals surface area contributed by atoms with Gasteiger partial charge in [-0.3, -0.25) is 4.79 Å². The average molecular weight is 383 g/mol. The van der Waals surface area contributed by atoms with Gasteiger partial charge in [-0.2, -0.15) is 0 Å². The summed E-state index contributed by atoms with van der Waals surface area (Å²) >= 11 is 0. The lowest BCUT2D eigenvalue weighted by atomic mass is 9.78. The lowest BCUT2D eigenvalue weighted by Crippen LogP contribution is -2.27. The van der Waals surface area contributed by atoms with Gasteiger partial charge in [-0.05, 0) is 55.6 Å². The zero-order valence-electron chi connectivity index (χ0n) is 16.4. The van der Waals surface area contributed by atoms with E-state index in [1.807, 2.05) is 12.1 Å². The van der Waals surface area contributed by atoms with E-state index in [1.165, 1.54) is 21.6 Å². The van der Waals surface area contributed by atoms with E-state index in [2.05, 4.69) is 91.1 Å². The number of carbonyl (C=O) groups excluding carboxylic acids is 1. The molecule has 2 unspecified atom stereocenters. The van der Waals surface area contributed by atoms with Gasteiger partial charge >= 0.3 is 0 Å². The third-order valence-corrected chi connectivity index (χ3v) is 6.27. The molecule has 0 saturated carbocycles. The minimum Gasteiger partial charge on any atom is -0.294 e. The molecule has 3 aromatic rings. The Hall–Kier alpha value is -3.71. The molecule has 1 nitrogen and oxygen atoms in total. The predicted molar refractivity (Wildman–Crippen MR) is 123 cm³/mol. The molecule has 0 fully saturated rings. The number of ketones is 1. The van der Waals surface area contributed by atoms with Crippen LogP contribution < -0.4 is 10.4 Å². The summed E-state index contributed by atoms with van der Waals surface area (Å²) in [6.45, 7) is 0. The highest BCUT2D eigenvalue weighted by Crippen LogP contribution is 2.39. The monoisotopic (exact) mass is 383 g/mol. The van der Waals surface area contributed by atoms with Crippen molar-refractivity contribution < 1.29 is 4.79 Å². The molecule has 3 aliphatic rings.